The Morgan fingerprint density at radius 3 is 2.49 bits per heavy atom. The molecule has 0 saturated carbocycles. The summed E-state index contributed by atoms with van der Waals surface area (Å²) in [5, 5.41) is 17.8. The van der Waals surface area contributed by atoms with Gasteiger partial charge in [-0.1, -0.05) is 53.5 Å². The normalized spacial score (nSPS) is 13.0. The number of carbonyl (C=O) groups excluding carboxylic acids is 1. The summed E-state index contributed by atoms with van der Waals surface area (Å²) < 4.78 is 3.62. The zero-order valence-electron chi connectivity index (χ0n) is 21.1. The van der Waals surface area contributed by atoms with E-state index in [2.05, 4.69) is 31.9 Å². The molecule has 3 aromatic carbocycles. The lowest BCUT2D eigenvalue weighted by Crippen LogP contribution is -2.48. The van der Waals surface area contributed by atoms with E-state index in [0.29, 0.717) is 22.1 Å². The lowest BCUT2D eigenvalue weighted by atomic mass is 9.79. The smallest absolute Gasteiger partial charge is 0.218 e. The molecule has 3 heterocycles. The predicted molar refractivity (Wildman–Crippen MR) is 151 cm³/mol. The van der Waals surface area contributed by atoms with Crippen molar-refractivity contribution in [3.63, 3.8) is 0 Å². The molecular weight excluding hydrogens is 533 g/mol. The number of nitrogens with zero attached hydrogens (tertiary/aromatic N) is 6. The maximum absolute atomic E-state index is 12.8. The highest BCUT2D eigenvalue weighted by atomic mass is 35.5. The molecule has 0 fully saturated rings. The molecule has 194 valence electrons. The summed E-state index contributed by atoms with van der Waals surface area (Å²) in [6.07, 6.45) is 4.11. The monoisotopic (exact) mass is 555 g/mol. The Kier molecular flexibility index (Phi) is 6.29. The Bertz CT molecular complexity index is 1840. The maximum atomic E-state index is 12.8. The molecule has 0 aliphatic rings. The van der Waals surface area contributed by atoms with Crippen molar-refractivity contribution in [3.05, 3.63) is 123 Å². The maximum Gasteiger partial charge on any atom is 0.218 e. The fourth-order valence-electron chi connectivity index (χ4n) is 5.27. The van der Waals surface area contributed by atoms with Gasteiger partial charge >= 0.3 is 0 Å². The Morgan fingerprint density at radius 2 is 1.77 bits per heavy atom. The van der Waals surface area contributed by atoms with E-state index in [0.717, 1.165) is 38.9 Å². The summed E-state index contributed by atoms with van der Waals surface area (Å²) in [6.45, 7) is 1.51. The van der Waals surface area contributed by atoms with Crippen LogP contribution in [-0.2, 0) is 23.8 Å². The van der Waals surface area contributed by atoms with Crippen LogP contribution in [0.2, 0.25) is 10.0 Å². The molecule has 0 spiro atoms. The number of imidazole rings is 1. The molecule has 1 amide bonds. The summed E-state index contributed by atoms with van der Waals surface area (Å²) in [5.74, 6) is -0.193. The van der Waals surface area contributed by atoms with Gasteiger partial charge in [0.2, 0.25) is 5.91 Å². The molecule has 8 nitrogen and oxygen atoms in total. The highest BCUT2D eigenvalue weighted by Crippen LogP contribution is 2.39. The van der Waals surface area contributed by atoms with Gasteiger partial charge in [0.25, 0.3) is 0 Å². The van der Waals surface area contributed by atoms with Crippen molar-refractivity contribution in [2.24, 2.45) is 7.05 Å². The fourth-order valence-corrected chi connectivity index (χ4v) is 5.61. The van der Waals surface area contributed by atoms with Gasteiger partial charge in [-0.3, -0.25) is 4.79 Å². The number of nitrogens with one attached hydrogen (secondary N) is 1. The number of amides is 1. The lowest BCUT2D eigenvalue weighted by molar-refractivity contribution is -0.120. The zero-order valence-corrected chi connectivity index (χ0v) is 22.6. The van der Waals surface area contributed by atoms with E-state index in [1.165, 1.54) is 6.92 Å². The van der Waals surface area contributed by atoms with Crippen LogP contribution in [0.25, 0.3) is 16.6 Å². The Labute approximate surface area is 234 Å². The number of benzene rings is 3. The number of aromatic nitrogens is 6. The molecule has 0 aliphatic heterocycles. The van der Waals surface area contributed by atoms with Gasteiger partial charge in [0.15, 0.2) is 5.65 Å². The second kappa shape index (κ2) is 9.80. The molecule has 1 unspecified atom stereocenters. The number of pyridine rings is 1. The van der Waals surface area contributed by atoms with Crippen molar-refractivity contribution >= 4 is 45.7 Å². The highest BCUT2D eigenvalue weighted by Gasteiger charge is 2.40. The minimum Gasteiger partial charge on any atom is -0.337 e. The number of carbonyl (C=O) groups is 1. The molecule has 39 heavy (non-hydrogen) atoms. The topological polar surface area (TPSA) is 90.0 Å². The Morgan fingerprint density at radius 1 is 0.974 bits per heavy atom. The van der Waals surface area contributed by atoms with Crippen LogP contribution >= 0.6 is 23.2 Å². The first kappa shape index (κ1) is 25.0. The summed E-state index contributed by atoms with van der Waals surface area (Å²) in [6, 6.07) is 23.3. The number of rotatable bonds is 6. The predicted octanol–water partition coefficient (Wildman–Crippen LogP) is 5.34. The van der Waals surface area contributed by atoms with Crippen molar-refractivity contribution in [2.75, 3.05) is 0 Å². The average molecular weight is 556 g/mol. The molecule has 0 bridgehead atoms. The third-order valence-electron chi connectivity index (χ3n) is 6.93. The molecule has 1 atom stereocenters. The van der Waals surface area contributed by atoms with Crippen molar-refractivity contribution < 1.29 is 4.79 Å². The fraction of sp³-hybridized carbons (Fsp3) is 0.138. The quantitative estimate of drug-likeness (QED) is 0.299. The Hall–Kier alpha value is -4.27. The molecule has 1 N–H and O–H groups in total. The van der Waals surface area contributed by atoms with E-state index in [4.69, 9.17) is 23.2 Å². The largest absolute Gasteiger partial charge is 0.337 e. The molecule has 6 aromatic rings. The van der Waals surface area contributed by atoms with Crippen LogP contribution < -0.4 is 5.32 Å². The van der Waals surface area contributed by atoms with E-state index in [9.17, 15) is 4.79 Å². The number of hydrogen-bond donors (Lipinski definition) is 1. The van der Waals surface area contributed by atoms with Crippen LogP contribution in [0.15, 0.2) is 85.3 Å². The number of tetrazole rings is 1. The van der Waals surface area contributed by atoms with Crippen LogP contribution in [0.3, 0.4) is 0 Å². The number of hydrogen-bond acceptors (Lipinski definition) is 5. The minimum absolute atomic E-state index is 0.193. The summed E-state index contributed by atoms with van der Waals surface area (Å²) >= 11 is 12.6. The number of fused-ring (bicyclic) bond motifs is 3. The number of aryl methyl sites for hydroxylation is 1. The number of halogens is 2. The van der Waals surface area contributed by atoms with Gasteiger partial charge in [-0.15, -0.1) is 5.10 Å². The second-order valence-corrected chi connectivity index (χ2v) is 10.4. The van der Waals surface area contributed by atoms with Gasteiger partial charge < -0.3 is 9.88 Å². The molecule has 0 aliphatic carbocycles. The first-order valence-electron chi connectivity index (χ1n) is 12.3. The summed E-state index contributed by atoms with van der Waals surface area (Å²) in [7, 11) is 1.91. The third-order valence-corrected chi connectivity index (χ3v) is 7.41. The van der Waals surface area contributed by atoms with Crippen molar-refractivity contribution in [3.8, 4) is 0 Å². The average Bonchev–Trinajstić information content (AvgIpc) is 3.57. The van der Waals surface area contributed by atoms with Crippen LogP contribution in [0, 0.1) is 0 Å². The van der Waals surface area contributed by atoms with Crippen molar-refractivity contribution in [1.82, 2.24) is 34.9 Å². The summed E-state index contributed by atoms with van der Waals surface area (Å²) in [4.78, 5) is 17.2. The van der Waals surface area contributed by atoms with Gasteiger partial charge in [-0.2, -0.15) is 4.52 Å². The molecule has 0 radical (unpaired) electrons. The molecule has 0 saturated heterocycles. The second-order valence-electron chi connectivity index (χ2n) is 9.48. The third kappa shape index (κ3) is 4.41. The van der Waals surface area contributed by atoms with Gasteiger partial charge in [0, 0.05) is 29.4 Å². The van der Waals surface area contributed by atoms with Crippen LogP contribution in [0.1, 0.15) is 34.9 Å². The van der Waals surface area contributed by atoms with Gasteiger partial charge in [-0.25, -0.2) is 4.98 Å². The highest BCUT2D eigenvalue weighted by molar-refractivity contribution is 6.30. The molecule has 10 heteroatoms. The van der Waals surface area contributed by atoms with E-state index in [-0.39, 0.29) is 5.91 Å². The molecular formula is C29H23Cl2N7O. The van der Waals surface area contributed by atoms with E-state index >= 15 is 0 Å². The van der Waals surface area contributed by atoms with Gasteiger partial charge in [-0.05, 0) is 81.6 Å². The lowest BCUT2D eigenvalue weighted by Gasteiger charge is -2.36. The van der Waals surface area contributed by atoms with Crippen LogP contribution in [0.5, 0.6) is 0 Å². The van der Waals surface area contributed by atoms with Crippen molar-refractivity contribution in [2.45, 2.75) is 18.9 Å². The summed E-state index contributed by atoms with van der Waals surface area (Å²) in [5.41, 5.74) is 4.98. The first-order valence-corrected chi connectivity index (χ1v) is 13.0. The van der Waals surface area contributed by atoms with Gasteiger partial charge in [0.05, 0.1) is 23.7 Å². The van der Waals surface area contributed by atoms with Gasteiger partial charge in [0.1, 0.15) is 5.54 Å². The molecule has 6 rings (SSSR count). The van der Waals surface area contributed by atoms with Crippen molar-refractivity contribution in [1.29, 1.82) is 0 Å². The standard InChI is InChI=1S/C29H23Cl2N7O/c1-18(39)33-29(27-16-32-17-37(27)2,21-6-9-23(30)10-7-21)22-8-11-26-25(15-22)20(14-28-34-35-36-38(26)28)12-19-4-3-5-24(31)13-19/h3-11,13-17H,12H2,1-2H3,(H,33,39). The first-order chi connectivity index (χ1) is 18.8. The van der Waals surface area contributed by atoms with Crippen LogP contribution in [0.4, 0.5) is 0 Å². The van der Waals surface area contributed by atoms with E-state index < -0.39 is 5.54 Å². The Balaban J connectivity index is 1.66. The molecule has 3 aromatic heterocycles. The SMILES string of the molecule is CC(=O)NC(c1ccc(Cl)cc1)(c1ccc2c(c1)c(Cc1cccc(Cl)c1)cc1nnnn12)c1cncn1C. The van der Waals surface area contributed by atoms with Crippen LogP contribution in [-0.4, -0.2) is 35.5 Å². The minimum atomic E-state index is -1.06. The van der Waals surface area contributed by atoms with E-state index in [1.807, 2.05) is 78.3 Å². The zero-order chi connectivity index (χ0) is 27.1. The van der Waals surface area contributed by atoms with E-state index in [1.54, 1.807) is 17.0 Å².